The first kappa shape index (κ1) is 22.7. The number of nitrogens with zero attached hydrogens (tertiary/aromatic N) is 3. The molecule has 2 aliphatic rings. The maximum atomic E-state index is 12.9. The molecule has 3 aromatic rings. The highest BCUT2D eigenvalue weighted by molar-refractivity contribution is 6.31. The fourth-order valence-corrected chi connectivity index (χ4v) is 4.72. The molecule has 0 fully saturated rings. The van der Waals surface area contributed by atoms with Crippen molar-refractivity contribution in [2.24, 2.45) is 0 Å². The van der Waals surface area contributed by atoms with E-state index in [1.165, 1.54) is 0 Å². The van der Waals surface area contributed by atoms with Gasteiger partial charge in [-0.25, -0.2) is 9.69 Å². The molecule has 0 spiro atoms. The summed E-state index contributed by atoms with van der Waals surface area (Å²) < 4.78 is 15.1. The van der Waals surface area contributed by atoms with Crippen molar-refractivity contribution in [3.8, 4) is 18.1 Å². The summed E-state index contributed by atoms with van der Waals surface area (Å²) in [5.74, 6) is 5.92. The van der Waals surface area contributed by atoms with Crippen molar-refractivity contribution in [3.63, 3.8) is 0 Å². The Morgan fingerprint density at radius 3 is 2.91 bits per heavy atom. The summed E-state index contributed by atoms with van der Waals surface area (Å²) in [5, 5.41) is 1.75. The van der Waals surface area contributed by atoms with Crippen molar-refractivity contribution in [2.45, 2.75) is 18.9 Å². The van der Waals surface area contributed by atoms with Gasteiger partial charge in [0.05, 0.1) is 13.2 Å². The molecule has 2 aromatic carbocycles. The molecule has 8 heteroatoms. The highest BCUT2D eigenvalue weighted by Crippen LogP contribution is 2.39. The quantitative estimate of drug-likeness (QED) is 0.312. The lowest BCUT2D eigenvalue weighted by atomic mass is 9.92. The van der Waals surface area contributed by atoms with Gasteiger partial charge in [0.2, 0.25) is 5.87 Å². The molecule has 1 amide bonds. The van der Waals surface area contributed by atoms with Crippen LogP contribution in [0.5, 0.6) is 5.75 Å². The van der Waals surface area contributed by atoms with E-state index in [1.807, 2.05) is 53.6 Å². The van der Waals surface area contributed by atoms with Gasteiger partial charge in [-0.3, -0.25) is 4.90 Å². The third-order valence-electron chi connectivity index (χ3n) is 6.13. The number of H-pyrrole nitrogens is 1. The van der Waals surface area contributed by atoms with Crippen LogP contribution in [0, 0.1) is 12.3 Å². The number of carbonyl (C=O) groups is 1. The minimum Gasteiger partial charge on any atom is -0.493 e. The molecule has 0 saturated heterocycles. The maximum Gasteiger partial charge on any atom is 0.411 e. The van der Waals surface area contributed by atoms with Gasteiger partial charge in [0.25, 0.3) is 0 Å². The minimum absolute atomic E-state index is 0.0684. The number of nitrogens with one attached hydrogen (secondary N) is 1. The van der Waals surface area contributed by atoms with Gasteiger partial charge in [0, 0.05) is 34.6 Å². The number of aromatic amines is 1. The first-order valence-electron chi connectivity index (χ1n) is 11.4. The monoisotopic (exact) mass is 487 g/mol. The Morgan fingerprint density at radius 1 is 1.29 bits per heavy atom. The fourth-order valence-electron chi connectivity index (χ4n) is 4.54. The Hall–Kier alpha value is -4.07. The van der Waals surface area contributed by atoms with Gasteiger partial charge in [0.1, 0.15) is 11.8 Å². The van der Waals surface area contributed by atoms with Crippen LogP contribution in [0.4, 0.5) is 4.79 Å². The van der Waals surface area contributed by atoms with Crippen molar-refractivity contribution in [3.05, 3.63) is 70.5 Å². The molecule has 2 aliphatic heterocycles. The van der Waals surface area contributed by atoms with E-state index in [0.29, 0.717) is 24.6 Å². The lowest BCUT2D eigenvalue weighted by Gasteiger charge is -2.35. The lowest BCUT2D eigenvalue weighted by Crippen LogP contribution is -2.41. The second kappa shape index (κ2) is 10.0. The van der Waals surface area contributed by atoms with Gasteiger partial charge in [0.15, 0.2) is 12.8 Å². The van der Waals surface area contributed by atoms with E-state index in [2.05, 4.69) is 21.4 Å². The van der Waals surface area contributed by atoms with Crippen LogP contribution in [0.1, 0.15) is 29.3 Å². The van der Waals surface area contributed by atoms with E-state index in [9.17, 15) is 4.79 Å². The van der Waals surface area contributed by atoms with Gasteiger partial charge in [-0.2, -0.15) is 4.67 Å². The number of halogens is 1. The van der Waals surface area contributed by atoms with E-state index in [1.54, 1.807) is 11.2 Å². The Labute approximate surface area is 208 Å². The van der Waals surface area contributed by atoms with Crippen molar-refractivity contribution >= 4 is 40.8 Å². The summed E-state index contributed by atoms with van der Waals surface area (Å²) in [4.78, 5) is 20.1. The van der Waals surface area contributed by atoms with Crippen LogP contribution in [0.3, 0.4) is 0 Å². The number of aromatic nitrogens is 1. The number of benzene rings is 2. The van der Waals surface area contributed by atoms with E-state index in [-0.39, 0.29) is 12.6 Å². The molecule has 0 bridgehead atoms. The van der Waals surface area contributed by atoms with E-state index >= 15 is 0 Å². The lowest BCUT2D eigenvalue weighted by molar-refractivity contribution is 0.0993. The third kappa shape index (κ3) is 4.77. The van der Waals surface area contributed by atoms with Crippen LogP contribution < -0.4 is 9.40 Å². The number of carbonyl (C=O) groups excluding carboxylic acids is 1. The first-order valence-corrected chi connectivity index (χ1v) is 11.8. The van der Waals surface area contributed by atoms with Gasteiger partial charge in [-0.05, 0) is 47.9 Å². The fraction of sp³-hybridized carbons (Fsp3) is 0.259. The average Bonchev–Trinajstić information content (AvgIpc) is 3.52. The van der Waals surface area contributed by atoms with Gasteiger partial charge in [-0.15, -0.1) is 6.42 Å². The highest BCUT2D eigenvalue weighted by Gasteiger charge is 2.35. The topological polar surface area (TPSA) is 71.9 Å². The Balaban J connectivity index is 1.38. The molecule has 1 N–H and O–H groups in total. The third-order valence-corrected chi connectivity index (χ3v) is 6.37. The number of ether oxygens (including phenoxy) is 2. The van der Waals surface area contributed by atoms with Crippen molar-refractivity contribution in [1.29, 1.82) is 0 Å². The molecule has 3 heterocycles. The standard InChI is InChI=1S/C27H24ClN4O3/c1-2-15-35-27(33)32-13-10-22-23-17-20(28)6-9-24(23)30-25(22)26(32)19-4-7-21(8-5-19)34-16-3-12-31-14-11-29-18-31/h1,4-9,14,17-18,26,30H,3,10,12-13,15-16H2/q+1. The van der Waals surface area contributed by atoms with Crippen LogP contribution in [0.2, 0.25) is 5.02 Å². The zero-order valence-electron chi connectivity index (χ0n) is 19.0. The molecule has 0 radical (unpaired) electrons. The molecule has 1 aromatic heterocycles. The predicted molar refractivity (Wildman–Crippen MR) is 137 cm³/mol. The second-order valence-electron chi connectivity index (χ2n) is 8.32. The molecule has 0 saturated carbocycles. The normalized spacial score (nSPS) is 15.9. The summed E-state index contributed by atoms with van der Waals surface area (Å²) in [6.07, 6.45) is 9.96. The molecule has 1 atom stereocenters. The molecule has 5 rings (SSSR count). The molecule has 1 unspecified atom stereocenters. The number of hydrogen-bond donors (Lipinski definition) is 1. The number of amides is 1. The van der Waals surface area contributed by atoms with Crippen molar-refractivity contribution < 1.29 is 14.3 Å². The smallest absolute Gasteiger partial charge is 0.411 e. The van der Waals surface area contributed by atoms with Gasteiger partial charge in [-0.1, -0.05) is 29.7 Å². The largest absolute Gasteiger partial charge is 0.493 e. The number of terminal acetylenes is 1. The highest BCUT2D eigenvalue weighted by atomic mass is 35.5. The summed E-state index contributed by atoms with van der Waals surface area (Å²) >= 11 is 6.27. The first-order chi connectivity index (χ1) is 17.1. The van der Waals surface area contributed by atoms with E-state index in [0.717, 1.165) is 46.4 Å². The van der Waals surface area contributed by atoms with Crippen LogP contribution in [-0.4, -0.2) is 59.4 Å². The van der Waals surface area contributed by atoms with E-state index < -0.39 is 6.09 Å². The Morgan fingerprint density at radius 2 is 2.14 bits per heavy atom. The summed E-state index contributed by atoms with van der Waals surface area (Å²) in [6.45, 7) is 1.84. The Bertz CT molecular complexity index is 1380. The van der Waals surface area contributed by atoms with E-state index in [4.69, 9.17) is 27.5 Å². The average molecular weight is 488 g/mol. The Kier molecular flexibility index (Phi) is 6.52. The SMILES string of the molecule is C#CCOC(=O)N1CCc2c([nH]c3ccc(Cl)cc23)C1c1ccc(OCCCN2C=C=[N+]=C2)cc1. The minimum atomic E-state index is -0.438. The maximum absolute atomic E-state index is 12.9. The summed E-state index contributed by atoms with van der Waals surface area (Å²) in [6, 6.07) is 13.3. The molecular weight excluding hydrogens is 464 g/mol. The van der Waals surface area contributed by atoms with Crippen molar-refractivity contribution in [1.82, 2.24) is 19.5 Å². The van der Waals surface area contributed by atoms with Crippen LogP contribution in [-0.2, 0) is 11.2 Å². The number of rotatable bonds is 7. The van der Waals surface area contributed by atoms with Crippen LogP contribution in [0.25, 0.3) is 10.9 Å². The van der Waals surface area contributed by atoms with Gasteiger partial charge < -0.3 is 14.5 Å². The zero-order chi connectivity index (χ0) is 24.2. The molecule has 0 aliphatic carbocycles. The van der Waals surface area contributed by atoms with Gasteiger partial charge >= 0.3 is 12.4 Å². The number of hydrogen-bond acceptors (Lipinski definition) is 4. The zero-order valence-corrected chi connectivity index (χ0v) is 19.8. The molecule has 35 heavy (non-hydrogen) atoms. The predicted octanol–water partition coefficient (Wildman–Crippen LogP) is 3.90. The van der Waals surface area contributed by atoms with Crippen LogP contribution >= 0.6 is 11.6 Å². The molecule has 7 nitrogen and oxygen atoms in total. The van der Waals surface area contributed by atoms with Crippen molar-refractivity contribution in [2.75, 3.05) is 26.3 Å². The summed E-state index contributed by atoms with van der Waals surface area (Å²) in [5.41, 5.74) is 4.05. The number of fused-ring (bicyclic) bond motifs is 3. The second-order valence-corrected chi connectivity index (χ2v) is 8.76. The summed E-state index contributed by atoms with van der Waals surface area (Å²) in [7, 11) is 0. The molecule has 176 valence electrons. The molecular formula is C27H24ClN4O3+. The van der Waals surface area contributed by atoms with Crippen LogP contribution in [0.15, 0.2) is 48.7 Å².